The monoisotopic (exact) mass is 265 g/mol. The third kappa shape index (κ3) is 2.45. The van der Waals surface area contributed by atoms with Crippen LogP contribution >= 0.6 is 11.3 Å². The summed E-state index contributed by atoms with van der Waals surface area (Å²) < 4.78 is 5.24. The third-order valence-electron chi connectivity index (χ3n) is 3.14. The molecule has 0 amide bonds. The van der Waals surface area contributed by atoms with Gasteiger partial charge in [-0.05, 0) is 24.8 Å². The summed E-state index contributed by atoms with van der Waals surface area (Å²) in [7, 11) is 0. The molecule has 1 N–H and O–H groups in total. The molecule has 0 aliphatic carbocycles. The molecule has 0 saturated carbocycles. The molecule has 1 fully saturated rings. The number of aliphatic hydroxyl groups is 1. The van der Waals surface area contributed by atoms with E-state index in [1.165, 1.54) is 0 Å². The van der Waals surface area contributed by atoms with Gasteiger partial charge in [0, 0.05) is 24.0 Å². The molecular weight excluding hydrogens is 250 g/mol. The fourth-order valence-corrected chi connectivity index (χ4v) is 2.83. The van der Waals surface area contributed by atoms with E-state index >= 15 is 0 Å². The van der Waals surface area contributed by atoms with Crippen molar-refractivity contribution in [2.24, 2.45) is 0 Å². The minimum atomic E-state index is -0.587. The lowest BCUT2D eigenvalue weighted by Crippen LogP contribution is -2.29. The fourth-order valence-electron chi connectivity index (χ4n) is 2.19. The molecule has 18 heavy (non-hydrogen) atoms. The molecule has 6 heteroatoms. The van der Waals surface area contributed by atoms with E-state index in [-0.39, 0.29) is 0 Å². The Morgan fingerprint density at radius 2 is 2.50 bits per heavy atom. The summed E-state index contributed by atoms with van der Waals surface area (Å²) in [6.07, 6.45) is 0.790. The van der Waals surface area contributed by atoms with E-state index in [4.69, 9.17) is 4.52 Å². The van der Waals surface area contributed by atoms with Crippen molar-refractivity contribution in [1.82, 2.24) is 15.0 Å². The third-order valence-corrected chi connectivity index (χ3v) is 3.82. The number of hydrogen-bond acceptors (Lipinski definition) is 6. The molecule has 1 unspecified atom stereocenters. The van der Waals surface area contributed by atoms with Gasteiger partial charge in [0.05, 0.1) is 12.1 Å². The molecule has 1 atom stereocenters. The highest BCUT2D eigenvalue weighted by Crippen LogP contribution is 2.23. The lowest BCUT2D eigenvalue weighted by molar-refractivity contribution is 0.0665. The van der Waals surface area contributed by atoms with E-state index in [0.29, 0.717) is 24.8 Å². The van der Waals surface area contributed by atoms with E-state index in [1.54, 1.807) is 11.3 Å². The number of rotatable bonds is 3. The summed E-state index contributed by atoms with van der Waals surface area (Å²) >= 11 is 1.61. The lowest BCUT2D eigenvalue weighted by Gasteiger charge is -2.16. The topological polar surface area (TPSA) is 62.4 Å². The normalized spacial score (nSPS) is 24.8. The Hall–Kier alpha value is -1.24. The zero-order valence-corrected chi connectivity index (χ0v) is 11.0. The van der Waals surface area contributed by atoms with Gasteiger partial charge in [0.25, 0.3) is 0 Å². The standard InChI is InChI=1S/C12H15N3O2S/c1-12(16)3-4-15(8-12)6-10-13-11(14-17-10)9-2-5-18-7-9/h2,5,7,16H,3-4,6,8H2,1H3. The fraction of sp³-hybridized carbons (Fsp3) is 0.500. The van der Waals surface area contributed by atoms with Crippen molar-refractivity contribution in [2.45, 2.75) is 25.5 Å². The van der Waals surface area contributed by atoms with Crippen LogP contribution in [0.5, 0.6) is 0 Å². The van der Waals surface area contributed by atoms with Crippen molar-refractivity contribution in [3.8, 4) is 11.4 Å². The zero-order chi connectivity index (χ0) is 12.6. The highest BCUT2D eigenvalue weighted by atomic mass is 32.1. The van der Waals surface area contributed by atoms with Crippen LogP contribution in [-0.2, 0) is 6.54 Å². The van der Waals surface area contributed by atoms with E-state index in [0.717, 1.165) is 18.5 Å². The maximum atomic E-state index is 9.89. The predicted octanol–water partition coefficient (Wildman–Crippen LogP) is 1.75. The van der Waals surface area contributed by atoms with E-state index in [1.807, 2.05) is 23.8 Å². The first kappa shape index (κ1) is 11.8. The number of aromatic nitrogens is 2. The Morgan fingerprint density at radius 1 is 1.61 bits per heavy atom. The molecule has 3 heterocycles. The molecule has 1 saturated heterocycles. The SMILES string of the molecule is CC1(O)CCN(Cc2nc(-c3ccsc3)no2)C1. The highest BCUT2D eigenvalue weighted by Gasteiger charge is 2.31. The van der Waals surface area contributed by atoms with Gasteiger partial charge in [-0.2, -0.15) is 16.3 Å². The van der Waals surface area contributed by atoms with Crippen molar-refractivity contribution in [2.75, 3.05) is 13.1 Å². The number of hydrogen-bond donors (Lipinski definition) is 1. The Morgan fingerprint density at radius 3 is 3.17 bits per heavy atom. The van der Waals surface area contributed by atoms with Crippen LogP contribution in [0.15, 0.2) is 21.3 Å². The first-order chi connectivity index (χ1) is 8.62. The predicted molar refractivity (Wildman–Crippen MR) is 68.1 cm³/mol. The van der Waals surface area contributed by atoms with Gasteiger partial charge in [-0.25, -0.2) is 0 Å². The molecule has 0 spiro atoms. The molecule has 3 rings (SSSR count). The summed E-state index contributed by atoms with van der Waals surface area (Å²) in [5.74, 6) is 1.24. The van der Waals surface area contributed by atoms with Gasteiger partial charge in [0.1, 0.15) is 0 Å². The van der Waals surface area contributed by atoms with Crippen LogP contribution in [0.1, 0.15) is 19.2 Å². The van der Waals surface area contributed by atoms with Crippen molar-refractivity contribution in [1.29, 1.82) is 0 Å². The van der Waals surface area contributed by atoms with Gasteiger partial charge in [-0.3, -0.25) is 4.90 Å². The van der Waals surface area contributed by atoms with Crippen LogP contribution in [0.3, 0.4) is 0 Å². The summed E-state index contributed by atoms with van der Waals surface area (Å²) in [4.78, 5) is 6.50. The molecule has 0 bridgehead atoms. The summed E-state index contributed by atoms with van der Waals surface area (Å²) in [5.41, 5.74) is 0.402. The summed E-state index contributed by atoms with van der Waals surface area (Å²) in [6.45, 7) is 3.98. The number of likely N-dealkylation sites (tertiary alicyclic amines) is 1. The Balaban J connectivity index is 1.68. The Bertz CT molecular complexity index is 521. The number of thiophene rings is 1. The second-order valence-electron chi connectivity index (χ2n) is 4.98. The van der Waals surface area contributed by atoms with Crippen molar-refractivity contribution in [3.63, 3.8) is 0 Å². The van der Waals surface area contributed by atoms with Crippen LogP contribution < -0.4 is 0 Å². The molecule has 96 valence electrons. The van der Waals surface area contributed by atoms with E-state index in [9.17, 15) is 5.11 Å². The quantitative estimate of drug-likeness (QED) is 0.916. The average Bonchev–Trinajstić information content (AvgIpc) is 2.99. The summed E-state index contributed by atoms with van der Waals surface area (Å²) in [5, 5.41) is 17.8. The van der Waals surface area contributed by atoms with Crippen LogP contribution in [0.2, 0.25) is 0 Å². The van der Waals surface area contributed by atoms with Gasteiger partial charge in [-0.1, -0.05) is 5.16 Å². The lowest BCUT2D eigenvalue weighted by atomic mass is 10.1. The van der Waals surface area contributed by atoms with Crippen molar-refractivity contribution >= 4 is 11.3 Å². The zero-order valence-electron chi connectivity index (χ0n) is 10.2. The Kier molecular flexibility index (Phi) is 2.93. The number of nitrogens with zero attached hydrogens (tertiary/aromatic N) is 3. The van der Waals surface area contributed by atoms with Gasteiger partial charge >= 0.3 is 0 Å². The van der Waals surface area contributed by atoms with Crippen molar-refractivity contribution in [3.05, 3.63) is 22.7 Å². The average molecular weight is 265 g/mol. The molecule has 5 nitrogen and oxygen atoms in total. The molecule has 0 radical (unpaired) electrons. The second-order valence-corrected chi connectivity index (χ2v) is 5.76. The molecular formula is C12H15N3O2S. The first-order valence-electron chi connectivity index (χ1n) is 5.92. The maximum absolute atomic E-state index is 9.89. The molecule has 2 aromatic rings. The molecule has 1 aliphatic rings. The van der Waals surface area contributed by atoms with Crippen LogP contribution in [0, 0.1) is 0 Å². The maximum Gasteiger partial charge on any atom is 0.241 e. The van der Waals surface area contributed by atoms with Gasteiger partial charge in [0.15, 0.2) is 0 Å². The van der Waals surface area contributed by atoms with Gasteiger partial charge in [-0.15, -0.1) is 0 Å². The van der Waals surface area contributed by atoms with Gasteiger partial charge < -0.3 is 9.63 Å². The van der Waals surface area contributed by atoms with Crippen LogP contribution in [-0.4, -0.2) is 38.8 Å². The van der Waals surface area contributed by atoms with Gasteiger partial charge in [0.2, 0.25) is 11.7 Å². The number of β-amino-alcohol motifs (C(OH)–C–C–N with tert-alkyl or cyclic N) is 1. The molecule has 0 aromatic carbocycles. The smallest absolute Gasteiger partial charge is 0.241 e. The molecule has 2 aromatic heterocycles. The van der Waals surface area contributed by atoms with E-state index < -0.39 is 5.60 Å². The largest absolute Gasteiger partial charge is 0.389 e. The minimum Gasteiger partial charge on any atom is -0.389 e. The van der Waals surface area contributed by atoms with Crippen molar-refractivity contribution < 1.29 is 9.63 Å². The minimum absolute atomic E-state index is 0.587. The van der Waals surface area contributed by atoms with E-state index in [2.05, 4.69) is 15.0 Å². The first-order valence-corrected chi connectivity index (χ1v) is 6.87. The van der Waals surface area contributed by atoms with Crippen LogP contribution in [0.25, 0.3) is 11.4 Å². The second kappa shape index (κ2) is 4.46. The Labute approximate surface area is 109 Å². The summed E-state index contributed by atoms with van der Waals surface area (Å²) in [6, 6.07) is 1.97. The molecule has 1 aliphatic heterocycles. The van der Waals surface area contributed by atoms with Crippen LogP contribution in [0.4, 0.5) is 0 Å². The highest BCUT2D eigenvalue weighted by molar-refractivity contribution is 7.08.